The lowest BCUT2D eigenvalue weighted by atomic mass is 9.95. The van der Waals surface area contributed by atoms with Crippen LogP contribution in [0.4, 0.5) is 5.69 Å². The molecule has 1 aliphatic heterocycles. The molecule has 2 aromatic rings. The predicted molar refractivity (Wildman–Crippen MR) is 103 cm³/mol. The molecule has 0 unspecified atom stereocenters. The number of aromatic nitrogens is 2. The number of aryl methyl sites for hydroxylation is 1. The van der Waals surface area contributed by atoms with Gasteiger partial charge in [0.25, 0.3) is 5.56 Å². The van der Waals surface area contributed by atoms with Crippen LogP contribution in [0.1, 0.15) is 18.5 Å². The smallest absolute Gasteiger partial charge is 0.251 e. The summed E-state index contributed by atoms with van der Waals surface area (Å²) >= 11 is 0. The van der Waals surface area contributed by atoms with E-state index in [1.54, 1.807) is 30.0 Å². The second-order valence-corrected chi connectivity index (χ2v) is 6.61. The molecule has 0 aliphatic carbocycles. The standard InChI is InChI=1S/C20H22N4O3/c1-3-18(26)24-9-7-14(8-10-24)20(27)22-16-6-4-5-15(12-16)19-21-13(2)11-17(25)23-19/h3-6,11-12,14H,1,7-10H2,2H3,(H,22,27)(H,21,23,25). The summed E-state index contributed by atoms with van der Waals surface area (Å²) in [5.41, 5.74) is 1.78. The minimum atomic E-state index is -0.215. The maximum absolute atomic E-state index is 12.6. The third kappa shape index (κ3) is 4.49. The molecule has 0 bridgehead atoms. The minimum absolute atomic E-state index is 0.0662. The van der Waals surface area contributed by atoms with E-state index in [0.29, 0.717) is 43.1 Å². The van der Waals surface area contributed by atoms with Crippen molar-refractivity contribution < 1.29 is 9.59 Å². The fourth-order valence-electron chi connectivity index (χ4n) is 3.20. The molecule has 140 valence electrons. The summed E-state index contributed by atoms with van der Waals surface area (Å²) in [4.78, 5) is 44.6. The van der Waals surface area contributed by atoms with E-state index in [2.05, 4.69) is 21.9 Å². The Morgan fingerprint density at radius 1 is 1.30 bits per heavy atom. The lowest BCUT2D eigenvalue weighted by Crippen LogP contribution is -2.40. The molecule has 0 saturated carbocycles. The number of anilines is 1. The van der Waals surface area contributed by atoms with Crippen LogP contribution in [-0.2, 0) is 9.59 Å². The Bertz CT molecular complexity index is 927. The van der Waals surface area contributed by atoms with Crippen molar-refractivity contribution in [1.29, 1.82) is 0 Å². The summed E-state index contributed by atoms with van der Waals surface area (Å²) in [6, 6.07) is 8.64. The van der Waals surface area contributed by atoms with Gasteiger partial charge in [-0.05, 0) is 38.0 Å². The Hall–Kier alpha value is -3.22. The topological polar surface area (TPSA) is 95.2 Å². The molecule has 0 atom stereocenters. The molecule has 1 aliphatic rings. The molecular weight excluding hydrogens is 344 g/mol. The van der Waals surface area contributed by atoms with Crippen molar-refractivity contribution in [1.82, 2.24) is 14.9 Å². The van der Waals surface area contributed by atoms with Crippen LogP contribution in [0.15, 0.2) is 47.8 Å². The first-order chi connectivity index (χ1) is 13.0. The molecule has 2 amide bonds. The van der Waals surface area contributed by atoms with E-state index in [0.717, 1.165) is 5.56 Å². The zero-order valence-corrected chi connectivity index (χ0v) is 15.2. The maximum Gasteiger partial charge on any atom is 0.251 e. The van der Waals surface area contributed by atoms with Crippen molar-refractivity contribution in [2.75, 3.05) is 18.4 Å². The van der Waals surface area contributed by atoms with Crippen LogP contribution >= 0.6 is 0 Å². The molecule has 7 nitrogen and oxygen atoms in total. The monoisotopic (exact) mass is 366 g/mol. The number of aromatic amines is 1. The SMILES string of the molecule is C=CC(=O)N1CCC(C(=O)Nc2cccc(-c3nc(C)cc(=O)[nH]3)c2)CC1. The molecule has 27 heavy (non-hydrogen) atoms. The summed E-state index contributed by atoms with van der Waals surface area (Å²) < 4.78 is 0. The molecule has 7 heteroatoms. The van der Waals surface area contributed by atoms with Gasteiger partial charge in [0, 0.05) is 42.0 Å². The summed E-state index contributed by atoms with van der Waals surface area (Å²) in [7, 11) is 0. The Morgan fingerprint density at radius 3 is 2.70 bits per heavy atom. The number of piperidine rings is 1. The third-order valence-corrected chi connectivity index (χ3v) is 4.63. The number of H-pyrrole nitrogens is 1. The van der Waals surface area contributed by atoms with Gasteiger partial charge >= 0.3 is 0 Å². The van der Waals surface area contributed by atoms with Crippen LogP contribution < -0.4 is 10.9 Å². The summed E-state index contributed by atoms with van der Waals surface area (Å²) in [5, 5.41) is 2.93. The van der Waals surface area contributed by atoms with E-state index in [9.17, 15) is 14.4 Å². The van der Waals surface area contributed by atoms with Crippen LogP contribution in [0.3, 0.4) is 0 Å². The molecule has 1 aromatic heterocycles. The fraction of sp³-hybridized carbons (Fsp3) is 0.300. The van der Waals surface area contributed by atoms with Crippen LogP contribution in [-0.4, -0.2) is 39.8 Å². The largest absolute Gasteiger partial charge is 0.339 e. The first kappa shape index (κ1) is 18.6. The molecule has 2 heterocycles. The van der Waals surface area contributed by atoms with E-state index in [1.165, 1.54) is 12.1 Å². The number of rotatable bonds is 4. The van der Waals surface area contributed by atoms with E-state index < -0.39 is 0 Å². The number of hydrogen-bond acceptors (Lipinski definition) is 4. The summed E-state index contributed by atoms with van der Waals surface area (Å²) in [6.07, 6.45) is 2.55. The van der Waals surface area contributed by atoms with Crippen molar-refractivity contribution in [2.24, 2.45) is 5.92 Å². The van der Waals surface area contributed by atoms with Gasteiger partial charge in [0.05, 0.1) is 0 Å². The number of carbonyl (C=O) groups is 2. The van der Waals surface area contributed by atoms with Crippen molar-refractivity contribution in [2.45, 2.75) is 19.8 Å². The van der Waals surface area contributed by atoms with Crippen molar-refractivity contribution in [3.8, 4) is 11.4 Å². The van der Waals surface area contributed by atoms with Gasteiger partial charge < -0.3 is 15.2 Å². The maximum atomic E-state index is 12.6. The Kier molecular flexibility index (Phi) is 5.49. The highest BCUT2D eigenvalue weighted by Crippen LogP contribution is 2.22. The van der Waals surface area contributed by atoms with Crippen molar-refractivity contribution in [3.05, 3.63) is 59.0 Å². The third-order valence-electron chi connectivity index (χ3n) is 4.63. The molecule has 1 fully saturated rings. The van der Waals surface area contributed by atoms with Gasteiger partial charge in [-0.1, -0.05) is 18.7 Å². The van der Waals surface area contributed by atoms with Crippen molar-refractivity contribution in [3.63, 3.8) is 0 Å². The van der Waals surface area contributed by atoms with Crippen molar-refractivity contribution >= 4 is 17.5 Å². The van der Waals surface area contributed by atoms with Gasteiger partial charge in [-0.3, -0.25) is 14.4 Å². The van der Waals surface area contributed by atoms with Crippen LogP contribution in [0.2, 0.25) is 0 Å². The summed E-state index contributed by atoms with van der Waals surface area (Å²) in [6.45, 7) is 6.36. The first-order valence-electron chi connectivity index (χ1n) is 8.87. The Morgan fingerprint density at radius 2 is 2.04 bits per heavy atom. The second-order valence-electron chi connectivity index (χ2n) is 6.61. The number of nitrogens with zero attached hydrogens (tertiary/aromatic N) is 2. The quantitative estimate of drug-likeness (QED) is 0.810. The molecule has 3 rings (SSSR count). The van der Waals surface area contributed by atoms with E-state index in [4.69, 9.17) is 0 Å². The number of amides is 2. The average molecular weight is 366 g/mol. The minimum Gasteiger partial charge on any atom is -0.339 e. The predicted octanol–water partition coefficient (Wildman–Crippen LogP) is 2.11. The van der Waals surface area contributed by atoms with Crippen LogP contribution in [0, 0.1) is 12.8 Å². The summed E-state index contributed by atoms with van der Waals surface area (Å²) in [5.74, 6) is 0.163. The normalized spacial score (nSPS) is 14.6. The number of likely N-dealkylation sites (tertiary alicyclic amines) is 1. The van der Waals surface area contributed by atoms with Gasteiger partial charge in [-0.2, -0.15) is 0 Å². The number of carbonyl (C=O) groups excluding carboxylic acids is 2. The number of hydrogen-bond donors (Lipinski definition) is 2. The van der Waals surface area contributed by atoms with Gasteiger partial charge in [-0.25, -0.2) is 4.98 Å². The average Bonchev–Trinajstić information content (AvgIpc) is 2.67. The Balaban J connectivity index is 1.68. The molecule has 0 spiro atoms. The van der Waals surface area contributed by atoms with E-state index in [1.807, 2.05) is 6.07 Å². The number of benzene rings is 1. The highest BCUT2D eigenvalue weighted by Gasteiger charge is 2.26. The zero-order chi connectivity index (χ0) is 19.4. The zero-order valence-electron chi connectivity index (χ0n) is 15.2. The van der Waals surface area contributed by atoms with Gasteiger partial charge in [0.15, 0.2) is 0 Å². The van der Waals surface area contributed by atoms with E-state index in [-0.39, 0.29) is 23.3 Å². The lowest BCUT2D eigenvalue weighted by molar-refractivity contribution is -0.130. The van der Waals surface area contributed by atoms with Gasteiger partial charge in [-0.15, -0.1) is 0 Å². The highest BCUT2D eigenvalue weighted by molar-refractivity contribution is 5.93. The van der Waals surface area contributed by atoms with E-state index >= 15 is 0 Å². The molecule has 1 saturated heterocycles. The van der Waals surface area contributed by atoms with Gasteiger partial charge in [0.2, 0.25) is 11.8 Å². The lowest BCUT2D eigenvalue weighted by Gasteiger charge is -2.30. The van der Waals surface area contributed by atoms with Crippen LogP contribution in [0.25, 0.3) is 11.4 Å². The molecular formula is C20H22N4O3. The highest BCUT2D eigenvalue weighted by atomic mass is 16.2. The first-order valence-corrected chi connectivity index (χ1v) is 8.87. The fourth-order valence-corrected chi connectivity index (χ4v) is 3.20. The molecule has 0 radical (unpaired) electrons. The molecule has 1 aromatic carbocycles. The van der Waals surface area contributed by atoms with Crippen LogP contribution in [0.5, 0.6) is 0 Å². The number of nitrogens with one attached hydrogen (secondary N) is 2. The molecule has 2 N–H and O–H groups in total. The Labute approximate surface area is 157 Å². The van der Waals surface area contributed by atoms with Gasteiger partial charge in [0.1, 0.15) is 5.82 Å². The second kappa shape index (κ2) is 7.99.